The molecule has 3 N–H and O–H groups in total. The van der Waals surface area contributed by atoms with Gasteiger partial charge < -0.3 is 24.2 Å². The van der Waals surface area contributed by atoms with E-state index in [0.717, 1.165) is 59.0 Å². The zero-order valence-electron chi connectivity index (χ0n) is 17.4. The van der Waals surface area contributed by atoms with Crippen LogP contribution in [0, 0.1) is 5.92 Å². The summed E-state index contributed by atoms with van der Waals surface area (Å²) in [4.78, 5) is 3.09. The van der Waals surface area contributed by atoms with Gasteiger partial charge in [0.05, 0.1) is 18.9 Å². The Morgan fingerprint density at radius 2 is 1.86 bits per heavy atom. The molecule has 1 aromatic carbocycles. The molecule has 1 aliphatic rings. The van der Waals surface area contributed by atoms with Crippen LogP contribution >= 0.6 is 0 Å². The van der Waals surface area contributed by atoms with Gasteiger partial charge in [0, 0.05) is 12.7 Å². The van der Waals surface area contributed by atoms with Crippen LogP contribution in [0.2, 0.25) is 0 Å². The minimum atomic E-state index is -0.257. The van der Waals surface area contributed by atoms with Gasteiger partial charge in [-0.05, 0) is 23.6 Å². The molecule has 1 aliphatic heterocycles. The third-order valence-corrected chi connectivity index (χ3v) is 5.85. The van der Waals surface area contributed by atoms with Crippen molar-refractivity contribution in [3.63, 3.8) is 0 Å². The highest BCUT2D eigenvalue weighted by atomic mass is 16.5. The lowest BCUT2D eigenvalue weighted by molar-refractivity contribution is -0.969. The summed E-state index contributed by atoms with van der Waals surface area (Å²) < 4.78 is 7.84. The minimum Gasteiger partial charge on any atom is -0.387 e. The molecule has 2 aromatic rings. The number of quaternary nitrogens is 2. The molecule has 1 fully saturated rings. The lowest BCUT2D eigenvalue weighted by Gasteiger charge is -2.28. The fourth-order valence-corrected chi connectivity index (χ4v) is 3.86. The Kier molecular flexibility index (Phi) is 8.10. The molecular formula is C23H37N3O2+2. The highest BCUT2D eigenvalue weighted by Gasteiger charge is 2.22. The van der Waals surface area contributed by atoms with Crippen molar-refractivity contribution in [1.29, 1.82) is 0 Å². The molecule has 28 heavy (non-hydrogen) atoms. The number of hydrogen-bond donors (Lipinski definition) is 3. The fourth-order valence-electron chi connectivity index (χ4n) is 3.86. The quantitative estimate of drug-likeness (QED) is 0.531. The Balaban J connectivity index is 1.63. The maximum Gasteiger partial charge on any atom is 0.127 e. The fraction of sp³-hybridized carbons (Fsp3) is 0.565. The molecule has 0 amide bonds. The summed E-state index contributed by atoms with van der Waals surface area (Å²) in [5, 5.41) is 10.5. The summed E-state index contributed by atoms with van der Waals surface area (Å²) in [7, 11) is 0. The van der Waals surface area contributed by atoms with Crippen LogP contribution in [0.1, 0.15) is 25.1 Å². The van der Waals surface area contributed by atoms with Crippen LogP contribution in [0.3, 0.4) is 0 Å². The molecule has 1 unspecified atom stereocenters. The van der Waals surface area contributed by atoms with Gasteiger partial charge in [0.25, 0.3) is 0 Å². The summed E-state index contributed by atoms with van der Waals surface area (Å²) in [6, 6.07) is 15.0. The Morgan fingerprint density at radius 1 is 1.11 bits per heavy atom. The first-order valence-corrected chi connectivity index (χ1v) is 10.7. The second kappa shape index (κ2) is 10.8. The maximum absolute atomic E-state index is 10.5. The topological polar surface area (TPSA) is 43.3 Å². The number of benzene rings is 1. The SMILES string of the molecule is CC(C)[C@@H](O)C[NH+](CC[NH+]1CCOCC1)Cc1cccn1Cc1ccccc1. The summed E-state index contributed by atoms with van der Waals surface area (Å²) in [6.07, 6.45) is 1.92. The van der Waals surface area contributed by atoms with E-state index in [-0.39, 0.29) is 6.10 Å². The number of aliphatic hydroxyl groups is 1. The molecule has 1 aromatic heterocycles. The molecule has 0 aliphatic carbocycles. The van der Waals surface area contributed by atoms with Crippen molar-refractivity contribution < 1.29 is 19.6 Å². The van der Waals surface area contributed by atoms with E-state index in [1.807, 2.05) is 0 Å². The Hall–Kier alpha value is -1.66. The van der Waals surface area contributed by atoms with Crippen LogP contribution in [-0.2, 0) is 17.8 Å². The summed E-state index contributed by atoms with van der Waals surface area (Å²) in [5.74, 6) is 0.293. The van der Waals surface area contributed by atoms with Crippen molar-refractivity contribution in [2.45, 2.75) is 33.0 Å². The van der Waals surface area contributed by atoms with Crippen LogP contribution in [-0.4, -0.2) is 61.7 Å². The first kappa shape index (κ1) is 21.1. The predicted molar refractivity (Wildman–Crippen MR) is 112 cm³/mol. The number of aliphatic hydroxyl groups excluding tert-OH is 1. The molecule has 1 saturated heterocycles. The Labute approximate surface area is 169 Å². The molecule has 2 heterocycles. The molecule has 2 atom stereocenters. The Morgan fingerprint density at radius 3 is 2.57 bits per heavy atom. The summed E-state index contributed by atoms with van der Waals surface area (Å²) in [5.41, 5.74) is 2.66. The normalized spacial score (nSPS) is 17.7. The van der Waals surface area contributed by atoms with Gasteiger partial charge in [-0.15, -0.1) is 0 Å². The number of rotatable bonds is 10. The van der Waals surface area contributed by atoms with Crippen molar-refractivity contribution in [1.82, 2.24) is 4.57 Å². The number of nitrogens with one attached hydrogen (secondary N) is 2. The summed E-state index contributed by atoms with van der Waals surface area (Å²) >= 11 is 0. The number of nitrogens with zero attached hydrogens (tertiary/aromatic N) is 1. The largest absolute Gasteiger partial charge is 0.387 e. The van der Waals surface area contributed by atoms with Crippen LogP contribution in [0.15, 0.2) is 48.7 Å². The highest BCUT2D eigenvalue weighted by molar-refractivity contribution is 5.17. The molecule has 5 heteroatoms. The van der Waals surface area contributed by atoms with E-state index in [0.29, 0.717) is 5.92 Å². The van der Waals surface area contributed by atoms with Crippen LogP contribution in [0.25, 0.3) is 0 Å². The first-order valence-electron chi connectivity index (χ1n) is 10.7. The lowest BCUT2D eigenvalue weighted by Crippen LogP contribution is -3.21. The van der Waals surface area contributed by atoms with Gasteiger partial charge in [0.1, 0.15) is 45.4 Å². The molecule has 154 valence electrons. The van der Waals surface area contributed by atoms with Crippen molar-refractivity contribution >= 4 is 0 Å². The third-order valence-electron chi connectivity index (χ3n) is 5.85. The smallest absolute Gasteiger partial charge is 0.127 e. The third kappa shape index (κ3) is 6.45. The van der Waals surface area contributed by atoms with E-state index < -0.39 is 0 Å². The molecule has 5 nitrogen and oxygen atoms in total. The zero-order chi connectivity index (χ0) is 19.8. The molecule has 0 radical (unpaired) electrons. The molecule has 0 spiro atoms. The van der Waals surface area contributed by atoms with Gasteiger partial charge in [-0.3, -0.25) is 0 Å². The average Bonchev–Trinajstić information content (AvgIpc) is 3.14. The van der Waals surface area contributed by atoms with E-state index in [1.165, 1.54) is 16.2 Å². The van der Waals surface area contributed by atoms with Crippen molar-refractivity contribution in [2.75, 3.05) is 45.9 Å². The van der Waals surface area contributed by atoms with E-state index in [1.54, 1.807) is 4.90 Å². The number of aromatic nitrogens is 1. The molecule has 0 saturated carbocycles. The van der Waals surface area contributed by atoms with Gasteiger partial charge in [-0.2, -0.15) is 0 Å². The van der Waals surface area contributed by atoms with Crippen molar-refractivity contribution in [2.24, 2.45) is 5.92 Å². The van der Waals surface area contributed by atoms with E-state index in [9.17, 15) is 5.11 Å². The van der Waals surface area contributed by atoms with E-state index >= 15 is 0 Å². The van der Waals surface area contributed by atoms with Gasteiger partial charge >= 0.3 is 0 Å². The first-order chi connectivity index (χ1) is 13.6. The molecular weight excluding hydrogens is 350 g/mol. The van der Waals surface area contributed by atoms with Gasteiger partial charge in [0.15, 0.2) is 0 Å². The Bertz CT molecular complexity index is 680. The monoisotopic (exact) mass is 387 g/mol. The lowest BCUT2D eigenvalue weighted by atomic mass is 10.1. The number of ether oxygens (including phenoxy) is 1. The standard InChI is InChI=1S/C23H35N3O2/c1-20(2)23(27)19-25(12-11-24-13-15-28-16-14-24)18-22-9-6-10-26(22)17-21-7-4-3-5-8-21/h3-10,20,23,27H,11-19H2,1-2H3/p+2/t23-/m0/s1. The second-order valence-electron chi connectivity index (χ2n) is 8.42. The van der Waals surface area contributed by atoms with E-state index in [4.69, 9.17) is 4.74 Å². The minimum absolute atomic E-state index is 0.257. The van der Waals surface area contributed by atoms with Crippen molar-refractivity contribution in [3.05, 3.63) is 59.9 Å². The van der Waals surface area contributed by atoms with Gasteiger partial charge in [-0.1, -0.05) is 44.2 Å². The number of morpholine rings is 1. The van der Waals surface area contributed by atoms with Crippen LogP contribution < -0.4 is 9.80 Å². The second-order valence-corrected chi connectivity index (χ2v) is 8.42. The average molecular weight is 388 g/mol. The van der Waals surface area contributed by atoms with Crippen LogP contribution in [0.5, 0.6) is 0 Å². The summed E-state index contributed by atoms with van der Waals surface area (Å²) in [6.45, 7) is 13.0. The zero-order valence-corrected chi connectivity index (χ0v) is 17.4. The maximum atomic E-state index is 10.5. The van der Waals surface area contributed by atoms with Gasteiger partial charge in [-0.25, -0.2) is 0 Å². The van der Waals surface area contributed by atoms with E-state index in [2.05, 4.69) is 67.1 Å². The molecule has 0 bridgehead atoms. The predicted octanol–water partition coefficient (Wildman–Crippen LogP) is -0.147. The van der Waals surface area contributed by atoms with Gasteiger partial charge in [0.2, 0.25) is 0 Å². The van der Waals surface area contributed by atoms with Crippen LogP contribution in [0.4, 0.5) is 0 Å². The molecule has 3 rings (SSSR count). The highest BCUT2D eigenvalue weighted by Crippen LogP contribution is 2.07. The van der Waals surface area contributed by atoms with Crippen molar-refractivity contribution in [3.8, 4) is 0 Å². The number of hydrogen-bond acceptors (Lipinski definition) is 2.